The largest absolute Gasteiger partial charge is 0.433 e. The number of carbonyl (C=O) groups excluding carboxylic acids is 1. The Labute approximate surface area is 116 Å². The molecule has 0 fully saturated rings. The second-order valence-corrected chi connectivity index (χ2v) is 5.05. The molecule has 0 bridgehead atoms. The summed E-state index contributed by atoms with van der Waals surface area (Å²) in [5.74, 6) is 0. The average molecular weight is 318 g/mol. The highest BCUT2D eigenvalue weighted by atomic mass is 79.9. The van der Waals surface area contributed by atoms with Crippen molar-refractivity contribution in [2.24, 2.45) is 0 Å². The van der Waals surface area contributed by atoms with Crippen molar-refractivity contribution in [3.05, 3.63) is 16.9 Å². The number of aromatic nitrogens is 2. The standard InChI is InChI=1S/C12H20BrN3O2/c1-2-3-4-5-6-7-8-14-12(17)18-16-10-11(13)9-15-16/h9-10H,2-8H2,1H3,(H,14,17). The Morgan fingerprint density at radius 3 is 2.78 bits per heavy atom. The molecule has 1 heterocycles. The van der Waals surface area contributed by atoms with E-state index in [0.717, 1.165) is 22.2 Å². The second kappa shape index (κ2) is 8.97. The first kappa shape index (κ1) is 15.0. The predicted octanol–water partition coefficient (Wildman–Crippen LogP) is 3.14. The van der Waals surface area contributed by atoms with E-state index in [4.69, 9.17) is 4.84 Å². The molecule has 0 aromatic carbocycles. The van der Waals surface area contributed by atoms with Gasteiger partial charge in [0.05, 0.1) is 16.9 Å². The lowest BCUT2D eigenvalue weighted by Crippen LogP contribution is -2.32. The number of halogens is 1. The van der Waals surface area contributed by atoms with Gasteiger partial charge in [0.15, 0.2) is 0 Å². The molecule has 18 heavy (non-hydrogen) atoms. The molecule has 0 aliphatic rings. The highest BCUT2D eigenvalue weighted by Crippen LogP contribution is 2.05. The van der Waals surface area contributed by atoms with Crippen LogP contribution >= 0.6 is 15.9 Å². The fourth-order valence-corrected chi connectivity index (χ4v) is 1.81. The first-order valence-corrected chi connectivity index (χ1v) is 7.18. The summed E-state index contributed by atoms with van der Waals surface area (Å²) in [6, 6.07) is 0. The van der Waals surface area contributed by atoms with E-state index in [9.17, 15) is 4.79 Å². The molecule has 1 rings (SSSR count). The van der Waals surface area contributed by atoms with E-state index >= 15 is 0 Å². The minimum atomic E-state index is -0.473. The third kappa shape index (κ3) is 6.64. The molecule has 0 radical (unpaired) electrons. The summed E-state index contributed by atoms with van der Waals surface area (Å²) in [6.45, 7) is 2.85. The Kier molecular flexibility index (Phi) is 7.48. The number of hydrogen-bond donors (Lipinski definition) is 1. The van der Waals surface area contributed by atoms with Gasteiger partial charge in [0, 0.05) is 6.54 Å². The highest BCUT2D eigenvalue weighted by Gasteiger charge is 2.03. The van der Waals surface area contributed by atoms with E-state index in [1.807, 2.05) is 0 Å². The lowest BCUT2D eigenvalue weighted by atomic mass is 10.1. The SMILES string of the molecule is CCCCCCCCNC(=O)On1cc(Br)cn1. The molecule has 0 unspecified atom stereocenters. The average Bonchev–Trinajstić information content (AvgIpc) is 2.73. The monoisotopic (exact) mass is 317 g/mol. The summed E-state index contributed by atoms with van der Waals surface area (Å²) in [5, 5.41) is 6.51. The maximum absolute atomic E-state index is 11.3. The van der Waals surface area contributed by atoms with Crippen molar-refractivity contribution in [1.82, 2.24) is 15.3 Å². The van der Waals surface area contributed by atoms with E-state index in [-0.39, 0.29) is 0 Å². The molecule has 0 atom stereocenters. The van der Waals surface area contributed by atoms with E-state index in [0.29, 0.717) is 6.54 Å². The quantitative estimate of drug-likeness (QED) is 0.749. The van der Waals surface area contributed by atoms with Crippen LogP contribution in [0.1, 0.15) is 45.4 Å². The maximum atomic E-state index is 11.3. The topological polar surface area (TPSA) is 56.1 Å². The zero-order valence-corrected chi connectivity index (χ0v) is 12.3. The van der Waals surface area contributed by atoms with Crippen LogP contribution in [0.4, 0.5) is 4.79 Å². The molecule has 0 aliphatic carbocycles. The van der Waals surface area contributed by atoms with Crippen LogP contribution in [0.15, 0.2) is 16.9 Å². The molecule has 102 valence electrons. The van der Waals surface area contributed by atoms with Gasteiger partial charge in [-0.1, -0.05) is 43.9 Å². The van der Waals surface area contributed by atoms with Crippen molar-refractivity contribution in [3.63, 3.8) is 0 Å². The van der Waals surface area contributed by atoms with E-state index in [2.05, 4.69) is 33.3 Å². The molecule has 1 N–H and O–H groups in total. The minimum absolute atomic E-state index is 0.473. The van der Waals surface area contributed by atoms with Gasteiger partial charge >= 0.3 is 6.09 Å². The first-order valence-electron chi connectivity index (χ1n) is 6.38. The second-order valence-electron chi connectivity index (χ2n) is 4.13. The van der Waals surface area contributed by atoms with Gasteiger partial charge in [-0.05, 0) is 22.4 Å². The molecule has 5 nitrogen and oxygen atoms in total. The summed E-state index contributed by atoms with van der Waals surface area (Å²) in [4.78, 5) is 17.4. The van der Waals surface area contributed by atoms with Gasteiger partial charge in [-0.2, -0.15) is 0 Å². The fraction of sp³-hybridized carbons (Fsp3) is 0.667. The minimum Gasteiger partial charge on any atom is -0.320 e. The van der Waals surface area contributed by atoms with Gasteiger partial charge in [-0.15, -0.1) is 5.10 Å². The van der Waals surface area contributed by atoms with Gasteiger partial charge in [-0.3, -0.25) is 4.84 Å². The number of amides is 1. The Hall–Kier alpha value is -1.04. The molecule has 1 aromatic rings. The van der Waals surface area contributed by atoms with Crippen LogP contribution in [0.2, 0.25) is 0 Å². The van der Waals surface area contributed by atoms with E-state index in [1.54, 1.807) is 12.4 Å². The number of nitrogens with one attached hydrogen (secondary N) is 1. The lowest BCUT2D eigenvalue weighted by Gasteiger charge is -2.05. The van der Waals surface area contributed by atoms with Crippen LogP contribution in [0.25, 0.3) is 0 Å². The predicted molar refractivity (Wildman–Crippen MR) is 73.3 cm³/mol. The van der Waals surface area contributed by atoms with Crippen molar-refractivity contribution >= 4 is 22.0 Å². The number of rotatable bonds is 8. The Morgan fingerprint density at radius 1 is 1.39 bits per heavy atom. The molecule has 0 saturated heterocycles. The first-order chi connectivity index (χ1) is 8.72. The number of hydrogen-bond acceptors (Lipinski definition) is 3. The summed E-state index contributed by atoms with van der Waals surface area (Å²) in [6.07, 6.45) is 9.85. The van der Waals surface area contributed by atoms with Gasteiger partial charge in [0.2, 0.25) is 0 Å². The third-order valence-corrected chi connectivity index (χ3v) is 2.91. The van der Waals surface area contributed by atoms with Gasteiger partial charge < -0.3 is 5.32 Å². The maximum Gasteiger partial charge on any atom is 0.433 e. The van der Waals surface area contributed by atoms with Crippen molar-refractivity contribution in [2.75, 3.05) is 6.54 Å². The molecule has 1 amide bonds. The molecular formula is C12H20BrN3O2. The molecule has 0 aliphatic heterocycles. The van der Waals surface area contributed by atoms with Crippen molar-refractivity contribution in [1.29, 1.82) is 0 Å². The summed E-state index contributed by atoms with van der Waals surface area (Å²) in [7, 11) is 0. The Morgan fingerprint density at radius 2 is 2.11 bits per heavy atom. The number of nitrogens with zero attached hydrogens (tertiary/aromatic N) is 2. The lowest BCUT2D eigenvalue weighted by molar-refractivity contribution is 0.116. The highest BCUT2D eigenvalue weighted by molar-refractivity contribution is 9.10. The van der Waals surface area contributed by atoms with E-state index < -0.39 is 6.09 Å². The van der Waals surface area contributed by atoms with Crippen molar-refractivity contribution in [2.45, 2.75) is 45.4 Å². The summed E-state index contributed by atoms with van der Waals surface area (Å²) >= 11 is 3.22. The van der Waals surface area contributed by atoms with Gasteiger partial charge in [0.1, 0.15) is 0 Å². The molecule has 0 spiro atoms. The van der Waals surface area contributed by atoms with Crippen LogP contribution in [0.5, 0.6) is 0 Å². The zero-order valence-electron chi connectivity index (χ0n) is 10.7. The van der Waals surface area contributed by atoms with Crippen LogP contribution in [0.3, 0.4) is 0 Å². The molecular weight excluding hydrogens is 298 g/mol. The van der Waals surface area contributed by atoms with E-state index in [1.165, 1.54) is 25.7 Å². The smallest absolute Gasteiger partial charge is 0.320 e. The van der Waals surface area contributed by atoms with Crippen LogP contribution in [-0.2, 0) is 0 Å². The summed E-state index contributed by atoms with van der Waals surface area (Å²) < 4.78 is 0.770. The van der Waals surface area contributed by atoms with Crippen LogP contribution in [-0.4, -0.2) is 22.6 Å². The van der Waals surface area contributed by atoms with Crippen molar-refractivity contribution < 1.29 is 9.63 Å². The third-order valence-electron chi connectivity index (χ3n) is 2.50. The number of unbranched alkanes of at least 4 members (excludes halogenated alkanes) is 5. The molecule has 1 aromatic heterocycles. The Balaban J connectivity index is 2.00. The zero-order chi connectivity index (χ0) is 13.2. The molecule has 0 saturated carbocycles. The number of carbonyl (C=O) groups is 1. The summed E-state index contributed by atoms with van der Waals surface area (Å²) in [5.41, 5.74) is 0. The molecule has 6 heteroatoms. The van der Waals surface area contributed by atoms with Crippen molar-refractivity contribution in [3.8, 4) is 0 Å². The normalized spacial score (nSPS) is 10.3. The van der Waals surface area contributed by atoms with Gasteiger partial charge in [0.25, 0.3) is 0 Å². The fourth-order valence-electron chi connectivity index (χ4n) is 1.55. The van der Waals surface area contributed by atoms with Gasteiger partial charge in [-0.25, -0.2) is 4.79 Å². The Bertz CT molecular complexity index is 355. The van der Waals surface area contributed by atoms with Crippen LogP contribution < -0.4 is 10.2 Å². The van der Waals surface area contributed by atoms with Crippen LogP contribution in [0, 0.1) is 0 Å².